The first-order valence-electron chi connectivity index (χ1n) is 6.19. The highest BCUT2D eigenvalue weighted by Gasteiger charge is 2.22. The fourth-order valence-corrected chi connectivity index (χ4v) is 2.09. The normalized spacial score (nSPS) is 11.6. The van der Waals surface area contributed by atoms with Crippen LogP contribution in [0.3, 0.4) is 0 Å². The topological polar surface area (TPSA) is 49.7 Å². The standard InChI is InChI=1S/C16H18O3/c1-16(2,12-6-4-3-5-7-12)13-8-10-14(11-9-13)19-15(17)18/h3-11,15,17-18H,1-2H3. The predicted octanol–water partition coefficient (Wildman–Crippen LogP) is 2.66. The van der Waals surface area contributed by atoms with Crippen molar-refractivity contribution >= 4 is 0 Å². The second kappa shape index (κ2) is 5.43. The van der Waals surface area contributed by atoms with E-state index in [4.69, 9.17) is 14.9 Å². The first-order valence-corrected chi connectivity index (χ1v) is 6.19. The van der Waals surface area contributed by atoms with Crippen LogP contribution in [-0.4, -0.2) is 16.7 Å². The molecule has 2 aromatic carbocycles. The molecular formula is C16H18O3. The highest BCUT2D eigenvalue weighted by Crippen LogP contribution is 2.32. The maximum atomic E-state index is 8.75. The van der Waals surface area contributed by atoms with E-state index < -0.39 is 6.48 Å². The Balaban J connectivity index is 2.26. The van der Waals surface area contributed by atoms with E-state index in [0.29, 0.717) is 5.75 Å². The summed E-state index contributed by atoms with van der Waals surface area (Å²) in [6.07, 6.45) is 0. The van der Waals surface area contributed by atoms with Gasteiger partial charge in [0.1, 0.15) is 5.75 Å². The van der Waals surface area contributed by atoms with Crippen LogP contribution in [0.5, 0.6) is 5.75 Å². The molecule has 2 aromatic rings. The molecule has 19 heavy (non-hydrogen) atoms. The molecular weight excluding hydrogens is 240 g/mol. The lowest BCUT2D eigenvalue weighted by molar-refractivity contribution is -0.179. The number of aliphatic hydroxyl groups is 2. The van der Waals surface area contributed by atoms with E-state index in [1.807, 2.05) is 30.3 Å². The maximum Gasteiger partial charge on any atom is 0.310 e. The Kier molecular flexibility index (Phi) is 3.88. The Labute approximate surface area is 113 Å². The Hall–Kier alpha value is -1.84. The summed E-state index contributed by atoms with van der Waals surface area (Å²) in [6, 6.07) is 17.6. The van der Waals surface area contributed by atoms with Crippen molar-refractivity contribution in [2.45, 2.75) is 25.7 Å². The average Bonchev–Trinajstić information content (AvgIpc) is 2.40. The Bertz CT molecular complexity index is 515. The molecule has 2 N–H and O–H groups in total. The SMILES string of the molecule is CC(C)(c1ccccc1)c1ccc(OC(O)O)cc1. The molecule has 0 fully saturated rings. The molecule has 0 bridgehead atoms. The summed E-state index contributed by atoms with van der Waals surface area (Å²) in [5.41, 5.74) is 2.25. The number of ether oxygens (including phenoxy) is 1. The van der Waals surface area contributed by atoms with E-state index >= 15 is 0 Å². The van der Waals surface area contributed by atoms with Gasteiger partial charge in [0.25, 0.3) is 0 Å². The summed E-state index contributed by atoms with van der Waals surface area (Å²) in [6.45, 7) is 2.52. The molecule has 0 aromatic heterocycles. The summed E-state index contributed by atoms with van der Waals surface area (Å²) in [7, 11) is 0. The summed E-state index contributed by atoms with van der Waals surface area (Å²) in [4.78, 5) is 0. The lowest BCUT2D eigenvalue weighted by atomic mass is 9.78. The zero-order valence-electron chi connectivity index (χ0n) is 11.1. The lowest BCUT2D eigenvalue weighted by Crippen LogP contribution is -2.19. The van der Waals surface area contributed by atoms with Gasteiger partial charge in [-0.2, -0.15) is 0 Å². The van der Waals surface area contributed by atoms with E-state index in [1.54, 1.807) is 12.1 Å². The quantitative estimate of drug-likeness (QED) is 0.829. The minimum Gasteiger partial charge on any atom is -0.442 e. The van der Waals surface area contributed by atoms with E-state index in [-0.39, 0.29) is 5.41 Å². The van der Waals surface area contributed by atoms with Crippen molar-refractivity contribution in [3.8, 4) is 5.75 Å². The number of hydrogen-bond acceptors (Lipinski definition) is 3. The van der Waals surface area contributed by atoms with Gasteiger partial charge in [0.15, 0.2) is 0 Å². The van der Waals surface area contributed by atoms with Gasteiger partial charge in [-0.3, -0.25) is 0 Å². The van der Waals surface area contributed by atoms with Crippen LogP contribution < -0.4 is 4.74 Å². The van der Waals surface area contributed by atoms with Crippen LogP contribution in [0.25, 0.3) is 0 Å². The largest absolute Gasteiger partial charge is 0.442 e. The molecule has 0 aliphatic carbocycles. The van der Waals surface area contributed by atoms with Crippen molar-refractivity contribution in [2.75, 3.05) is 0 Å². The van der Waals surface area contributed by atoms with E-state index in [2.05, 4.69) is 26.0 Å². The second-order valence-electron chi connectivity index (χ2n) is 4.96. The highest BCUT2D eigenvalue weighted by molar-refractivity contribution is 5.39. The molecule has 0 amide bonds. The number of aliphatic hydroxyl groups excluding tert-OH is 1. The molecule has 0 heterocycles. The van der Waals surface area contributed by atoms with Crippen molar-refractivity contribution in [1.29, 1.82) is 0 Å². The van der Waals surface area contributed by atoms with Crippen molar-refractivity contribution in [1.82, 2.24) is 0 Å². The van der Waals surface area contributed by atoms with Crippen LogP contribution in [0.15, 0.2) is 54.6 Å². The van der Waals surface area contributed by atoms with Crippen LogP contribution >= 0.6 is 0 Å². The van der Waals surface area contributed by atoms with Gasteiger partial charge in [0, 0.05) is 5.41 Å². The van der Waals surface area contributed by atoms with Crippen molar-refractivity contribution in [2.24, 2.45) is 0 Å². The molecule has 0 unspecified atom stereocenters. The molecule has 0 aliphatic rings. The van der Waals surface area contributed by atoms with Crippen LogP contribution in [0.2, 0.25) is 0 Å². The van der Waals surface area contributed by atoms with Crippen molar-refractivity contribution < 1.29 is 14.9 Å². The van der Waals surface area contributed by atoms with Gasteiger partial charge in [-0.25, -0.2) is 0 Å². The summed E-state index contributed by atoms with van der Waals surface area (Å²) in [5.74, 6) is 0.433. The van der Waals surface area contributed by atoms with Crippen molar-refractivity contribution in [3.05, 3.63) is 65.7 Å². The molecule has 0 radical (unpaired) electrons. The fourth-order valence-electron chi connectivity index (χ4n) is 2.09. The number of benzene rings is 2. The summed E-state index contributed by atoms with van der Waals surface area (Å²) in [5, 5.41) is 17.5. The number of rotatable bonds is 4. The average molecular weight is 258 g/mol. The van der Waals surface area contributed by atoms with Gasteiger partial charge in [0.2, 0.25) is 0 Å². The molecule has 0 aliphatic heterocycles. The Morgan fingerprint density at radius 2 is 1.37 bits per heavy atom. The smallest absolute Gasteiger partial charge is 0.310 e. The molecule has 2 rings (SSSR count). The van der Waals surface area contributed by atoms with Crippen LogP contribution in [0, 0.1) is 0 Å². The third-order valence-electron chi connectivity index (χ3n) is 3.31. The van der Waals surface area contributed by atoms with E-state index in [9.17, 15) is 0 Å². The van der Waals surface area contributed by atoms with Gasteiger partial charge in [-0.15, -0.1) is 0 Å². The first kappa shape index (κ1) is 13.6. The molecule has 0 atom stereocenters. The van der Waals surface area contributed by atoms with Gasteiger partial charge < -0.3 is 14.9 Å². The molecule has 0 spiro atoms. The molecule has 3 heteroatoms. The highest BCUT2D eigenvalue weighted by atomic mass is 16.7. The van der Waals surface area contributed by atoms with Gasteiger partial charge in [0.05, 0.1) is 0 Å². The zero-order chi connectivity index (χ0) is 13.9. The van der Waals surface area contributed by atoms with Gasteiger partial charge >= 0.3 is 6.48 Å². The van der Waals surface area contributed by atoms with Crippen LogP contribution in [0.4, 0.5) is 0 Å². The zero-order valence-corrected chi connectivity index (χ0v) is 11.1. The summed E-state index contributed by atoms with van der Waals surface area (Å²) >= 11 is 0. The Morgan fingerprint density at radius 3 is 1.89 bits per heavy atom. The first-order chi connectivity index (χ1) is 9.00. The van der Waals surface area contributed by atoms with Gasteiger partial charge in [-0.05, 0) is 23.3 Å². The third-order valence-corrected chi connectivity index (χ3v) is 3.31. The van der Waals surface area contributed by atoms with E-state index in [0.717, 1.165) is 5.56 Å². The van der Waals surface area contributed by atoms with Gasteiger partial charge in [-0.1, -0.05) is 56.3 Å². The lowest BCUT2D eigenvalue weighted by Gasteiger charge is -2.26. The monoisotopic (exact) mass is 258 g/mol. The molecule has 0 saturated carbocycles. The third kappa shape index (κ3) is 3.13. The molecule has 100 valence electrons. The summed E-state index contributed by atoms with van der Waals surface area (Å²) < 4.78 is 4.80. The Morgan fingerprint density at radius 1 is 0.842 bits per heavy atom. The second-order valence-corrected chi connectivity index (χ2v) is 4.96. The maximum absolute atomic E-state index is 8.75. The molecule has 3 nitrogen and oxygen atoms in total. The molecule has 0 saturated heterocycles. The minimum atomic E-state index is -1.78. The van der Waals surface area contributed by atoms with Crippen LogP contribution in [-0.2, 0) is 5.41 Å². The van der Waals surface area contributed by atoms with E-state index in [1.165, 1.54) is 5.56 Å². The predicted molar refractivity (Wildman–Crippen MR) is 73.9 cm³/mol. The minimum absolute atomic E-state index is 0.113. The van der Waals surface area contributed by atoms with Crippen molar-refractivity contribution in [3.63, 3.8) is 0 Å². The van der Waals surface area contributed by atoms with Crippen LogP contribution in [0.1, 0.15) is 25.0 Å². The fraction of sp³-hybridized carbons (Fsp3) is 0.250. The number of hydrogen-bond donors (Lipinski definition) is 2.